The number of carbonyl (C=O) groups excluding carboxylic acids is 1. The van der Waals surface area contributed by atoms with Gasteiger partial charge in [0.25, 0.3) is 0 Å². The highest BCUT2D eigenvalue weighted by molar-refractivity contribution is 7.10. The minimum Gasteiger partial charge on any atom is -0.479 e. The van der Waals surface area contributed by atoms with Crippen molar-refractivity contribution in [2.24, 2.45) is 5.92 Å². The number of nitrogens with one attached hydrogen (secondary N) is 2. The molecule has 1 amide bonds. The average molecular weight is 312 g/mol. The maximum Gasteiger partial charge on any atom is 0.331 e. The van der Waals surface area contributed by atoms with E-state index in [1.54, 1.807) is 17.5 Å². The number of hydrogen-bond donors (Lipinski definition) is 3. The number of ether oxygens (including phenoxy) is 1. The van der Waals surface area contributed by atoms with Gasteiger partial charge in [0.05, 0.1) is 19.1 Å². The minimum atomic E-state index is -1.05. The number of hydrogen-bond acceptors (Lipinski definition) is 5. The van der Waals surface area contributed by atoms with E-state index in [1.165, 1.54) is 11.3 Å². The van der Waals surface area contributed by atoms with Crippen LogP contribution in [0.25, 0.3) is 0 Å². The number of carbonyl (C=O) groups is 2. The predicted octanol–water partition coefficient (Wildman–Crippen LogP) is 1.00. The molecule has 0 radical (unpaired) electrons. The fraction of sp³-hybridized carbons (Fsp3) is 0.571. The molecule has 1 aromatic heterocycles. The van der Waals surface area contributed by atoms with E-state index in [-0.39, 0.29) is 17.9 Å². The third-order valence-electron chi connectivity index (χ3n) is 3.44. The standard InChI is InChI=1S/C14H20N2O4S/c1-2-5-15-10-8-20-7-9(10)13(17)16-12(14(18)19)11-4-3-6-21-11/h3-4,6,9-10,12,15H,2,5,7-8H2,1H3,(H,16,17)(H,18,19). The van der Waals surface area contributed by atoms with Crippen LogP contribution in [0.1, 0.15) is 24.3 Å². The van der Waals surface area contributed by atoms with Gasteiger partial charge < -0.3 is 20.5 Å². The molecular weight excluding hydrogens is 292 g/mol. The largest absolute Gasteiger partial charge is 0.479 e. The smallest absolute Gasteiger partial charge is 0.331 e. The molecular formula is C14H20N2O4S. The summed E-state index contributed by atoms with van der Waals surface area (Å²) in [5.41, 5.74) is 0. The van der Waals surface area contributed by atoms with Crippen molar-refractivity contribution in [1.29, 1.82) is 0 Å². The normalized spacial score (nSPS) is 22.9. The van der Waals surface area contributed by atoms with E-state index in [0.717, 1.165) is 13.0 Å². The quantitative estimate of drug-likeness (QED) is 0.699. The van der Waals surface area contributed by atoms with Crippen LogP contribution >= 0.6 is 11.3 Å². The van der Waals surface area contributed by atoms with Crippen molar-refractivity contribution < 1.29 is 19.4 Å². The van der Waals surface area contributed by atoms with Crippen LogP contribution in [0.15, 0.2) is 17.5 Å². The van der Waals surface area contributed by atoms with Gasteiger partial charge in [-0.05, 0) is 24.4 Å². The molecule has 0 saturated carbocycles. The molecule has 2 rings (SSSR count). The maximum absolute atomic E-state index is 12.3. The number of carboxylic acids is 1. The molecule has 0 aliphatic carbocycles. The first-order valence-electron chi connectivity index (χ1n) is 7.01. The van der Waals surface area contributed by atoms with E-state index in [4.69, 9.17) is 4.74 Å². The summed E-state index contributed by atoms with van der Waals surface area (Å²) in [6, 6.07) is 2.43. The van der Waals surface area contributed by atoms with E-state index in [1.807, 2.05) is 0 Å². The second kappa shape index (κ2) is 7.53. The summed E-state index contributed by atoms with van der Waals surface area (Å²) in [7, 11) is 0. The Labute approximate surface area is 127 Å². The summed E-state index contributed by atoms with van der Waals surface area (Å²) in [6.07, 6.45) is 0.970. The van der Waals surface area contributed by atoms with Crippen molar-refractivity contribution in [3.8, 4) is 0 Å². The van der Waals surface area contributed by atoms with Crippen LogP contribution in [0.2, 0.25) is 0 Å². The summed E-state index contributed by atoms with van der Waals surface area (Å²) < 4.78 is 5.35. The van der Waals surface area contributed by atoms with Crippen LogP contribution in [0.4, 0.5) is 0 Å². The van der Waals surface area contributed by atoms with Crippen LogP contribution in [0.3, 0.4) is 0 Å². The molecule has 1 aliphatic heterocycles. The molecule has 0 spiro atoms. The molecule has 1 fully saturated rings. The van der Waals surface area contributed by atoms with Crippen molar-refractivity contribution in [3.63, 3.8) is 0 Å². The van der Waals surface area contributed by atoms with Crippen molar-refractivity contribution >= 4 is 23.2 Å². The molecule has 2 heterocycles. The summed E-state index contributed by atoms with van der Waals surface area (Å²) in [5.74, 6) is -1.68. The Morgan fingerprint density at radius 3 is 2.95 bits per heavy atom. The molecule has 3 unspecified atom stereocenters. The van der Waals surface area contributed by atoms with Gasteiger partial charge in [-0.3, -0.25) is 4.79 Å². The number of aliphatic carboxylic acids is 1. The Morgan fingerprint density at radius 2 is 2.33 bits per heavy atom. The molecule has 0 bridgehead atoms. The molecule has 3 N–H and O–H groups in total. The maximum atomic E-state index is 12.3. The van der Waals surface area contributed by atoms with E-state index < -0.39 is 12.0 Å². The van der Waals surface area contributed by atoms with Gasteiger partial charge in [-0.2, -0.15) is 0 Å². The summed E-state index contributed by atoms with van der Waals surface area (Å²) >= 11 is 1.32. The third kappa shape index (κ3) is 4.03. The van der Waals surface area contributed by atoms with Crippen molar-refractivity contribution in [2.45, 2.75) is 25.4 Å². The van der Waals surface area contributed by atoms with Crippen LogP contribution in [-0.2, 0) is 14.3 Å². The Hall–Kier alpha value is -1.44. The highest BCUT2D eigenvalue weighted by Gasteiger charge is 2.36. The van der Waals surface area contributed by atoms with E-state index >= 15 is 0 Å². The molecule has 21 heavy (non-hydrogen) atoms. The monoisotopic (exact) mass is 312 g/mol. The Balaban J connectivity index is 2.00. The summed E-state index contributed by atoms with van der Waals surface area (Å²) in [5, 5.41) is 17.0. The van der Waals surface area contributed by atoms with Gasteiger partial charge >= 0.3 is 5.97 Å². The minimum absolute atomic E-state index is 0.0530. The first kappa shape index (κ1) is 15.9. The van der Waals surface area contributed by atoms with Gasteiger partial charge in [0.15, 0.2) is 6.04 Å². The van der Waals surface area contributed by atoms with Crippen molar-refractivity contribution in [1.82, 2.24) is 10.6 Å². The fourth-order valence-corrected chi connectivity index (χ4v) is 3.07. The zero-order chi connectivity index (χ0) is 15.2. The predicted molar refractivity (Wildman–Crippen MR) is 79.2 cm³/mol. The topological polar surface area (TPSA) is 87.7 Å². The van der Waals surface area contributed by atoms with Crippen molar-refractivity contribution in [3.05, 3.63) is 22.4 Å². The molecule has 3 atom stereocenters. The second-order valence-electron chi connectivity index (χ2n) is 5.00. The van der Waals surface area contributed by atoms with Gasteiger partial charge in [-0.1, -0.05) is 13.0 Å². The number of amides is 1. The van der Waals surface area contributed by atoms with E-state index in [9.17, 15) is 14.7 Å². The molecule has 7 heteroatoms. The first-order chi connectivity index (χ1) is 10.1. The first-order valence-corrected chi connectivity index (χ1v) is 7.89. The lowest BCUT2D eigenvalue weighted by Crippen LogP contribution is -2.46. The molecule has 1 aromatic rings. The van der Waals surface area contributed by atoms with Gasteiger partial charge in [0, 0.05) is 10.9 Å². The lowest BCUT2D eigenvalue weighted by atomic mass is 10.0. The Morgan fingerprint density at radius 1 is 1.52 bits per heavy atom. The Bertz CT molecular complexity index is 477. The van der Waals surface area contributed by atoms with Crippen LogP contribution in [0, 0.1) is 5.92 Å². The molecule has 0 aromatic carbocycles. The molecule has 116 valence electrons. The number of rotatable bonds is 7. The van der Waals surface area contributed by atoms with Crippen LogP contribution in [-0.4, -0.2) is 42.8 Å². The van der Waals surface area contributed by atoms with Crippen LogP contribution in [0.5, 0.6) is 0 Å². The van der Waals surface area contributed by atoms with E-state index in [2.05, 4.69) is 17.6 Å². The average Bonchev–Trinajstić information content (AvgIpc) is 3.12. The van der Waals surface area contributed by atoms with Crippen molar-refractivity contribution in [2.75, 3.05) is 19.8 Å². The summed E-state index contributed by atoms with van der Waals surface area (Å²) in [4.78, 5) is 24.3. The Kier molecular flexibility index (Phi) is 5.72. The second-order valence-corrected chi connectivity index (χ2v) is 5.98. The van der Waals surface area contributed by atoms with Gasteiger partial charge in [0.1, 0.15) is 0 Å². The zero-order valence-electron chi connectivity index (χ0n) is 11.9. The zero-order valence-corrected chi connectivity index (χ0v) is 12.7. The van der Waals surface area contributed by atoms with Gasteiger partial charge in [-0.15, -0.1) is 11.3 Å². The number of carboxylic acid groups (broad SMARTS) is 1. The highest BCUT2D eigenvalue weighted by Crippen LogP contribution is 2.21. The summed E-state index contributed by atoms with van der Waals surface area (Å²) in [6.45, 7) is 3.67. The molecule has 1 aliphatic rings. The lowest BCUT2D eigenvalue weighted by molar-refractivity contribution is -0.142. The molecule has 6 nitrogen and oxygen atoms in total. The van der Waals surface area contributed by atoms with Crippen LogP contribution < -0.4 is 10.6 Å². The lowest BCUT2D eigenvalue weighted by Gasteiger charge is -2.20. The molecule has 1 saturated heterocycles. The highest BCUT2D eigenvalue weighted by atomic mass is 32.1. The SMILES string of the molecule is CCCNC1COCC1C(=O)NC(C(=O)O)c1cccs1. The third-order valence-corrected chi connectivity index (χ3v) is 4.37. The van der Waals surface area contributed by atoms with E-state index in [0.29, 0.717) is 18.1 Å². The van der Waals surface area contributed by atoms with Gasteiger partial charge in [-0.25, -0.2) is 4.79 Å². The fourth-order valence-electron chi connectivity index (χ4n) is 2.30. The van der Waals surface area contributed by atoms with Gasteiger partial charge in [0.2, 0.25) is 5.91 Å². The number of thiophene rings is 1.